The summed E-state index contributed by atoms with van der Waals surface area (Å²) in [4.78, 5) is 16.7. The van der Waals surface area contributed by atoms with Gasteiger partial charge in [-0.2, -0.15) is 11.3 Å². The molecule has 0 saturated heterocycles. The highest BCUT2D eigenvalue weighted by Crippen LogP contribution is 2.28. The van der Waals surface area contributed by atoms with E-state index in [1.807, 2.05) is 26.8 Å². The van der Waals surface area contributed by atoms with E-state index in [1.165, 1.54) is 22.8 Å². The number of aryl methyl sites for hydroxylation is 3. The maximum Gasteiger partial charge on any atom is 0.546 e. The number of aromatic nitrogens is 1. The number of hydrogen-bond donors (Lipinski definition) is 1. The van der Waals surface area contributed by atoms with E-state index in [-0.39, 0.29) is 17.2 Å². The fraction of sp³-hybridized carbons (Fsp3) is 0.286. The van der Waals surface area contributed by atoms with Gasteiger partial charge < -0.3 is 0 Å². The number of amides is 1. The lowest BCUT2D eigenvalue weighted by Crippen LogP contribution is -2.32. The molecule has 0 aliphatic heterocycles. The quantitative estimate of drug-likeness (QED) is 0.564. The molecule has 1 amide bonds. The molecule has 10 heteroatoms. The predicted molar refractivity (Wildman–Crippen MR) is 121 cm³/mol. The molecule has 0 atom stereocenters. The second-order valence-electron chi connectivity index (χ2n) is 7.09. The molecule has 0 unspecified atom stereocenters. The van der Waals surface area contributed by atoms with Gasteiger partial charge in [0.15, 0.2) is 5.02 Å². The van der Waals surface area contributed by atoms with Crippen molar-refractivity contribution in [2.75, 3.05) is 0 Å². The van der Waals surface area contributed by atoms with Crippen LogP contribution in [0.1, 0.15) is 33.5 Å². The van der Waals surface area contributed by atoms with Crippen molar-refractivity contribution < 1.29 is 17.7 Å². The van der Waals surface area contributed by atoms with Crippen molar-refractivity contribution in [3.8, 4) is 6.07 Å². The van der Waals surface area contributed by atoms with Crippen LogP contribution in [0.5, 0.6) is 0 Å². The Kier molecular flexibility index (Phi) is 6.84. The minimum absolute atomic E-state index is 0.0570. The number of carbonyl (C=O) groups is 1. The van der Waals surface area contributed by atoms with Crippen molar-refractivity contribution in [2.24, 2.45) is 0 Å². The lowest BCUT2D eigenvalue weighted by molar-refractivity contribution is -0.118. The Morgan fingerprint density at radius 3 is 2.58 bits per heavy atom. The van der Waals surface area contributed by atoms with E-state index in [2.05, 4.69) is 20.8 Å². The minimum Gasteiger partial charge on any atom is -0.278 e. The molecular weight excluding hydrogens is 458 g/mol. The highest BCUT2D eigenvalue weighted by Gasteiger charge is 2.22. The summed E-state index contributed by atoms with van der Waals surface area (Å²) in [5, 5.41) is 7.21. The summed E-state index contributed by atoms with van der Waals surface area (Å²) in [5.74, 6) is -0.395. The summed E-state index contributed by atoms with van der Waals surface area (Å²) >= 11 is 7.31. The van der Waals surface area contributed by atoms with Crippen LogP contribution in [-0.2, 0) is 27.7 Å². The van der Waals surface area contributed by atoms with Gasteiger partial charge in [0, 0.05) is 10.2 Å². The average Bonchev–Trinajstić information content (AvgIpc) is 3.34. The van der Waals surface area contributed by atoms with Gasteiger partial charge in [0.2, 0.25) is 5.91 Å². The van der Waals surface area contributed by atoms with Crippen molar-refractivity contribution in [1.82, 2.24) is 9.88 Å². The third-order valence-corrected chi connectivity index (χ3v) is 7.53. The van der Waals surface area contributed by atoms with E-state index < -0.39 is 15.9 Å². The highest BCUT2D eigenvalue weighted by molar-refractivity contribution is 7.90. The zero-order chi connectivity index (χ0) is 22.8. The Balaban J connectivity index is 1.82. The molecule has 0 radical (unpaired) electrons. The van der Waals surface area contributed by atoms with Crippen molar-refractivity contribution in [2.45, 2.75) is 45.4 Å². The Morgan fingerprint density at radius 1 is 1.26 bits per heavy atom. The first-order chi connectivity index (χ1) is 14.6. The summed E-state index contributed by atoms with van der Waals surface area (Å²) in [6.07, 6.45) is 0.314. The molecular formula is C21H21ClN3O4S2+. The van der Waals surface area contributed by atoms with Crippen LogP contribution in [0.25, 0.3) is 4.85 Å². The molecule has 3 rings (SSSR count). The molecule has 31 heavy (non-hydrogen) atoms. The molecule has 2 aromatic heterocycles. The number of thiophene rings is 1. The molecule has 162 valence electrons. The van der Waals surface area contributed by atoms with Gasteiger partial charge in [-0.15, -0.1) is 0 Å². The van der Waals surface area contributed by atoms with E-state index in [9.17, 15) is 13.2 Å². The first-order valence-corrected chi connectivity index (χ1v) is 12.1. The maximum absolute atomic E-state index is 12.5. The molecule has 1 aromatic carbocycles. The van der Waals surface area contributed by atoms with Gasteiger partial charge in [-0.3, -0.25) is 9.32 Å². The molecule has 1 N–H and O–H groups in total. The minimum atomic E-state index is -3.87. The summed E-state index contributed by atoms with van der Waals surface area (Å²) in [6.45, 7) is 7.48. The maximum atomic E-state index is 12.5. The summed E-state index contributed by atoms with van der Waals surface area (Å²) < 4.78 is 31.8. The Bertz CT molecular complexity index is 1300. The Hall–Kier alpha value is -2.67. The molecule has 7 nitrogen and oxygen atoms in total. The van der Waals surface area contributed by atoms with Crippen molar-refractivity contribution in [3.05, 3.63) is 66.3 Å². The van der Waals surface area contributed by atoms with Gasteiger partial charge in [0.1, 0.15) is 12.1 Å². The van der Waals surface area contributed by atoms with Crippen molar-refractivity contribution >= 4 is 44.8 Å². The summed E-state index contributed by atoms with van der Waals surface area (Å²) in [6, 6.07) is 6.34. The number of nitrogens with zero attached hydrogens (tertiary/aromatic N) is 2. The number of sulfonamides is 1. The number of rotatable bonds is 5. The second kappa shape index (κ2) is 9.22. The molecule has 2 heterocycles. The molecule has 3 aromatic rings. The first kappa shape index (κ1) is 23.0. The number of benzene rings is 1. The molecule has 0 bridgehead atoms. The van der Waals surface area contributed by atoms with Crippen LogP contribution >= 0.6 is 22.9 Å². The van der Waals surface area contributed by atoms with Gasteiger partial charge in [0.05, 0.1) is 11.3 Å². The fourth-order valence-electron chi connectivity index (χ4n) is 3.23. The van der Waals surface area contributed by atoms with Crippen LogP contribution in [0, 0.1) is 33.8 Å². The predicted octanol–water partition coefficient (Wildman–Crippen LogP) is 4.88. The SMILES string of the molecule is Cc1cc(C)c(CC(=O)NS(=O)(=O)c2ccsc2)c(C)c1CC#[N+]c1onc(C)c1Cl. The van der Waals surface area contributed by atoms with Crippen LogP contribution in [0.2, 0.25) is 5.02 Å². The zero-order valence-corrected chi connectivity index (χ0v) is 19.8. The molecule has 0 aliphatic carbocycles. The van der Waals surface area contributed by atoms with Crippen LogP contribution < -0.4 is 4.72 Å². The largest absolute Gasteiger partial charge is 0.546 e. The van der Waals surface area contributed by atoms with E-state index in [0.717, 1.165) is 27.8 Å². The number of nitrogens with one attached hydrogen (secondary N) is 1. The second-order valence-corrected chi connectivity index (χ2v) is 9.93. The molecule has 0 fully saturated rings. The third-order valence-electron chi connectivity index (χ3n) is 4.89. The van der Waals surface area contributed by atoms with Gasteiger partial charge >= 0.3 is 5.88 Å². The van der Waals surface area contributed by atoms with E-state index in [4.69, 9.17) is 16.1 Å². The van der Waals surface area contributed by atoms with Gasteiger partial charge in [-0.05, 0) is 67.0 Å². The number of hydrogen-bond acceptors (Lipinski definition) is 6. The number of carbonyl (C=O) groups excluding carboxylic acids is 1. The first-order valence-electron chi connectivity index (χ1n) is 9.32. The topological polar surface area (TPSA) is 93.6 Å². The van der Waals surface area contributed by atoms with Gasteiger partial charge in [-0.25, -0.2) is 13.1 Å². The van der Waals surface area contributed by atoms with Gasteiger partial charge in [0.25, 0.3) is 16.1 Å². The summed E-state index contributed by atoms with van der Waals surface area (Å²) in [5.41, 5.74) is 5.10. The molecule has 0 saturated carbocycles. The monoisotopic (exact) mass is 478 g/mol. The van der Waals surface area contributed by atoms with Crippen LogP contribution in [0.3, 0.4) is 0 Å². The molecule has 0 aliphatic rings. The van der Waals surface area contributed by atoms with E-state index in [1.54, 1.807) is 12.3 Å². The Morgan fingerprint density at radius 2 is 1.97 bits per heavy atom. The van der Waals surface area contributed by atoms with E-state index in [0.29, 0.717) is 17.1 Å². The smallest absolute Gasteiger partial charge is 0.278 e. The number of halogens is 1. The van der Waals surface area contributed by atoms with E-state index >= 15 is 0 Å². The fourth-order valence-corrected chi connectivity index (χ4v) is 5.36. The van der Waals surface area contributed by atoms with Crippen molar-refractivity contribution in [3.63, 3.8) is 0 Å². The highest BCUT2D eigenvalue weighted by atomic mass is 35.5. The standard InChI is InChI=1S/C21H20ClN3O4S2/c1-12-9-13(2)18(10-19(26)25-31(27,28)16-6-8-30-11-16)14(3)17(12)5-7-23-21-20(22)15(4)24-29-21/h6,8-9,11H,5,10H2,1-4H3/p+1. The third kappa shape index (κ3) is 5.15. The zero-order valence-electron chi connectivity index (χ0n) is 17.4. The van der Waals surface area contributed by atoms with Crippen LogP contribution in [0.15, 0.2) is 32.3 Å². The van der Waals surface area contributed by atoms with Crippen LogP contribution in [-0.4, -0.2) is 19.5 Å². The normalized spacial score (nSPS) is 11.1. The summed E-state index contributed by atoms with van der Waals surface area (Å²) in [7, 11) is -3.87. The Labute approximate surface area is 189 Å². The lowest BCUT2D eigenvalue weighted by atomic mass is 9.90. The molecule has 0 spiro atoms. The lowest BCUT2D eigenvalue weighted by Gasteiger charge is -2.15. The van der Waals surface area contributed by atoms with Crippen LogP contribution in [0.4, 0.5) is 5.88 Å². The average molecular weight is 479 g/mol. The van der Waals surface area contributed by atoms with Crippen molar-refractivity contribution in [1.29, 1.82) is 0 Å². The van der Waals surface area contributed by atoms with Gasteiger partial charge in [-0.1, -0.05) is 22.8 Å².